The fourth-order valence-corrected chi connectivity index (χ4v) is 3.44. The zero-order valence-electron chi connectivity index (χ0n) is 10.1. The van der Waals surface area contributed by atoms with E-state index >= 15 is 0 Å². The van der Waals surface area contributed by atoms with Crippen LogP contribution in [0, 0.1) is 17.8 Å². The zero-order valence-corrected chi connectivity index (χ0v) is 10.1. The Balaban J connectivity index is 1.68. The molecule has 0 radical (unpaired) electrons. The minimum Gasteiger partial charge on any atom is -0.377 e. The summed E-state index contributed by atoms with van der Waals surface area (Å²) in [4.78, 5) is 0. The predicted octanol–water partition coefficient (Wildman–Crippen LogP) is 2.57. The first-order chi connectivity index (χ1) is 7.15. The molecule has 2 bridgehead atoms. The molecule has 2 heteroatoms. The van der Waals surface area contributed by atoms with Crippen LogP contribution in [-0.2, 0) is 4.74 Å². The molecule has 0 aromatic carbocycles. The zero-order chi connectivity index (χ0) is 10.8. The minimum atomic E-state index is 0.261. The highest BCUT2D eigenvalue weighted by molar-refractivity contribution is 4.91. The molecule has 4 atom stereocenters. The van der Waals surface area contributed by atoms with Crippen molar-refractivity contribution in [2.75, 3.05) is 6.61 Å². The molecular formula is C13H25NO. The highest BCUT2D eigenvalue weighted by Crippen LogP contribution is 2.49. The molecule has 0 spiro atoms. The summed E-state index contributed by atoms with van der Waals surface area (Å²) in [5, 5.41) is 0. The Morgan fingerprint density at radius 3 is 2.60 bits per heavy atom. The monoisotopic (exact) mass is 211 g/mol. The Hall–Kier alpha value is -0.0800. The number of hydrogen-bond acceptors (Lipinski definition) is 2. The second-order valence-corrected chi connectivity index (χ2v) is 5.81. The normalized spacial score (nSPS) is 36.4. The predicted molar refractivity (Wildman–Crippen MR) is 62.6 cm³/mol. The lowest BCUT2D eigenvalue weighted by molar-refractivity contribution is 0.0617. The first-order valence-electron chi connectivity index (χ1n) is 6.52. The average molecular weight is 211 g/mol. The van der Waals surface area contributed by atoms with Crippen LogP contribution in [0.5, 0.6) is 0 Å². The highest BCUT2D eigenvalue weighted by atomic mass is 16.5. The molecular weight excluding hydrogens is 186 g/mol. The van der Waals surface area contributed by atoms with Gasteiger partial charge >= 0.3 is 0 Å². The molecule has 2 fully saturated rings. The Kier molecular flexibility index (Phi) is 3.68. The average Bonchev–Trinajstić information content (AvgIpc) is 2.76. The quantitative estimate of drug-likeness (QED) is 0.758. The van der Waals surface area contributed by atoms with Crippen LogP contribution in [-0.4, -0.2) is 18.8 Å². The Morgan fingerprint density at radius 1 is 1.27 bits per heavy atom. The Labute approximate surface area is 93.6 Å². The summed E-state index contributed by atoms with van der Waals surface area (Å²) < 4.78 is 5.57. The first-order valence-corrected chi connectivity index (χ1v) is 6.52. The Morgan fingerprint density at radius 2 is 2.07 bits per heavy atom. The van der Waals surface area contributed by atoms with Crippen molar-refractivity contribution in [3.63, 3.8) is 0 Å². The van der Waals surface area contributed by atoms with E-state index in [1.165, 1.54) is 32.1 Å². The van der Waals surface area contributed by atoms with Crippen molar-refractivity contribution in [2.24, 2.45) is 23.5 Å². The maximum atomic E-state index is 6.11. The third kappa shape index (κ3) is 2.94. The summed E-state index contributed by atoms with van der Waals surface area (Å²) in [6, 6.07) is 0.261. The maximum absolute atomic E-state index is 6.11. The van der Waals surface area contributed by atoms with Crippen LogP contribution in [0.2, 0.25) is 0 Å². The van der Waals surface area contributed by atoms with E-state index in [0.717, 1.165) is 24.4 Å². The van der Waals surface area contributed by atoms with Gasteiger partial charge in [0.05, 0.1) is 12.7 Å². The van der Waals surface area contributed by atoms with Crippen molar-refractivity contribution >= 4 is 0 Å². The molecule has 0 amide bonds. The van der Waals surface area contributed by atoms with E-state index in [1.54, 1.807) is 0 Å². The maximum Gasteiger partial charge on any atom is 0.0621 e. The smallest absolute Gasteiger partial charge is 0.0621 e. The van der Waals surface area contributed by atoms with E-state index in [4.69, 9.17) is 10.5 Å². The molecule has 4 unspecified atom stereocenters. The van der Waals surface area contributed by atoms with E-state index in [1.807, 2.05) is 0 Å². The lowest BCUT2D eigenvalue weighted by Crippen LogP contribution is -2.31. The van der Waals surface area contributed by atoms with Gasteiger partial charge < -0.3 is 10.5 Å². The number of ether oxygens (including phenoxy) is 1. The lowest BCUT2D eigenvalue weighted by Gasteiger charge is -2.25. The van der Waals surface area contributed by atoms with Crippen molar-refractivity contribution in [3.8, 4) is 0 Å². The van der Waals surface area contributed by atoms with Crippen LogP contribution in [0.15, 0.2) is 0 Å². The molecule has 2 rings (SSSR count). The first kappa shape index (κ1) is 11.4. The standard InChI is InChI=1S/C13H25NO/c1-9(2)15-8-13(14)7-12-6-10-3-4-11(12)5-10/h9-13H,3-8,14H2,1-2H3. The van der Waals surface area contributed by atoms with Crippen molar-refractivity contribution in [2.45, 2.75) is 58.1 Å². The van der Waals surface area contributed by atoms with Gasteiger partial charge in [-0.1, -0.05) is 6.42 Å². The summed E-state index contributed by atoms with van der Waals surface area (Å²) in [5.74, 6) is 2.95. The fraction of sp³-hybridized carbons (Fsp3) is 1.00. The van der Waals surface area contributed by atoms with Gasteiger partial charge in [0.15, 0.2) is 0 Å². The summed E-state index contributed by atoms with van der Waals surface area (Å²) in [6.07, 6.45) is 7.39. The van der Waals surface area contributed by atoms with E-state index in [0.29, 0.717) is 6.10 Å². The summed E-state index contributed by atoms with van der Waals surface area (Å²) in [7, 11) is 0. The topological polar surface area (TPSA) is 35.2 Å². The van der Waals surface area contributed by atoms with Gasteiger partial charge in [-0.2, -0.15) is 0 Å². The molecule has 0 heterocycles. The van der Waals surface area contributed by atoms with Gasteiger partial charge in [0.2, 0.25) is 0 Å². The van der Waals surface area contributed by atoms with Gasteiger partial charge in [-0.05, 0) is 57.3 Å². The van der Waals surface area contributed by atoms with Crippen molar-refractivity contribution in [1.82, 2.24) is 0 Å². The van der Waals surface area contributed by atoms with Crippen LogP contribution in [0.1, 0.15) is 46.0 Å². The summed E-state index contributed by atoms with van der Waals surface area (Å²) in [6.45, 7) is 4.89. The lowest BCUT2D eigenvalue weighted by atomic mass is 9.84. The summed E-state index contributed by atoms with van der Waals surface area (Å²) >= 11 is 0. The van der Waals surface area contributed by atoms with Gasteiger partial charge in [-0.15, -0.1) is 0 Å². The summed E-state index contributed by atoms with van der Waals surface area (Å²) in [5.41, 5.74) is 6.11. The SMILES string of the molecule is CC(C)OCC(N)CC1CC2CCC1C2. The number of nitrogens with two attached hydrogens (primary N) is 1. The molecule has 2 N–H and O–H groups in total. The number of hydrogen-bond donors (Lipinski definition) is 1. The van der Waals surface area contributed by atoms with Gasteiger partial charge in [-0.25, -0.2) is 0 Å². The van der Waals surface area contributed by atoms with Gasteiger partial charge in [-0.3, -0.25) is 0 Å². The second kappa shape index (κ2) is 4.84. The fourth-order valence-electron chi connectivity index (χ4n) is 3.44. The molecule has 2 saturated carbocycles. The van der Waals surface area contributed by atoms with Crippen molar-refractivity contribution in [1.29, 1.82) is 0 Å². The molecule has 2 nitrogen and oxygen atoms in total. The Bertz CT molecular complexity index is 205. The largest absolute Gasteiger partial charge is 0.377 e. The molecule has 2 aliphatic rings. The van der Waals surface area contributed by atoms with E-state index < -0.39 is 0 Å². The van der Waals surface area contributed by atoms with E-state index in [2.05, 4.69) is 13.8 Å². The second-order valence-electron chi connectivity index (χ2n) is 5.81. The van der Waals surface area contributed by atoms with Crippen LogP contribution >= 0.6 is 0 Å². The number of fused-ring (bicyclic) bond motifs is 2. The molecule has 0 aromatic rings. The third-order valence-corrected chi connectivity index (χ3v) is 4.13. The molecule has 0 saturated heterocycles. The highest BCUT2D eigenvalue weighted by Gasteiger charge is 2.39. The molecule has 88 valence electrons. The van der Waals surface area contributed by atoms with Gasteiger partial charge in [0.1, 0.15) is 0 Å². The van der Waals surface area contributed by atoms with Crippen molar-refractivity contribution < 1.29 is 4.74 Å². The van der Waals surface area contributed by atoms with Crippen molar-refractivity contribution in [3.05, 3.63) is 0 Å². The third-order valence-electron chi connectivity index (χ3n) is 4.13. The van der Waals surface area contributed by atoms with Gasteiger partial charge in [0.25, 0.3) is 0 Å². The van der Waals surface area contributed by atoms with Crippen LogP contribution < -0.4 is 5.73 Å². The van der Waals surface area contributed by atoms with Crippen LogP contribution in [0.25, 0.3) is 0 Å². The molecule has 0 aromatic heterocycles. The molecule has 0 aliphatic heterocycles. The van der Waals surface area contributed by atoms with Gasteiger partial charge in [0, 0.05) is 6.04 Å². The minimum absolute atomic E-state index is 0.261. The molecule has 2 aliphatic carbocycles. The van der Waals surface area contributed by atoms with E-state index in [-0.39, 0.29) is 6.04 Å². The van der Waals surface area contributed by atoms with Crippen LogP contribution in [0.3, 0.4) is 0 Å². The van der Waals surface area contributed by atoms with Crippen LogP contribution in [0.4, 0.5) is 0 Å². The number of rotatable bonds is 5. The van der Waals surface area contributed by atoms with E-state index in [9.17, 15) is 0 Å². The molecule has 15 heavy (non-hydrogen) atoms.